The average Bonchev–Trinajstić information content (AvgIpc) is 3.06. The molecule has 1 aliphatic rings. The van der Waals surface area contributed by atoms with Gasteiger partial charge in [0.1, 0.15) is 6.04 Å². The van der Waals surface area contributed by atoms with Gasteiger partial charge in [0.15, 0.2) is 0 Å². The van der Waals surface area contributed by atoms with Crippen molar-refractivity contribution in [3.05, 3.63) is 99.6 Å². The van der Waals surface area contributed by atoms with Gasteiger partial charge in [-0.3, -0.25) is 14.9 Å². The maximum absolute atomic E-state index is 12.6. The van der Waals surface area contributed by atoms with Gasteiger partial charge in [-0.05, 0) is 27.8 Å². The van der Waals surface area contributed by atoms with Gasteiger partial charge in [0.25, 0.3) is 5.69 Å². The zero-order valence-corrected chi connectivity index (χ0v) is 15.8. The minimum absolute atomic E-state index is 0.117. The minimum atomic E-state index is -1.17. The molecule has 0 heterocycles. The summed E-state index contributed by atoms with van der Waals surface area (Å²) in [6.07, 6.45) is -0.151. The fraction of sp³-hybridized carbons (Fsp3) is 0.130. The number of nitro benzene ring substituents is 1. The predicted octanol–water partition coefficient (Wildman–Crippen LogP) is 3.52. The van der Waals surface area contributed by atoms with Crippen molar-refractivity contribution in [3.63, 3.8) is 0 Å². The number of carbonyl (C=O) groups excluding carboxylic acids is 1. The Morgan fingerprint density at radius 3 is 2.13 bits per heavy atom. The number of rotatable bonds is 6. The Balaban J connectivity index is 1.62. The lowest BCUT2D eigenvalue weighted by atomic mass is 9.89. The molecule has 0 fully saturated rings. The molecule has 4 rings (SSSR count). The third-order valence-electron chi connectivity index (χ3n) is 5.28. The normalized spacial score (nSPS) is 13.2. The molecular formula is C23H18N2O5. The van der Waals surface area contributed by atoms with Crippen LogP contribution < -0.4 is 5.32 Å². The molecule has 0 radical (unpaired) electrons. The van der Waals surface area contributed by atoms with Crippen molar-refractivity contribution in [1.82, 2.24) is 5.32 Å². The number of aliphatic carboxylic acids is 1. The fourth-order valence-corrected chi connectivity index (χ4v) is 4.03. The molecule has 0 saturated heterocycles. The van der Waals surface area contributed by atoms with E-state index in [4.69, 9.17) is 0 Å². The first kappa shape index (κ1) is 19.3. The lowest BCUT2D eigenvalue weighted by molar-refractivity contribution is -0.384. The highest BCUT2D eigenvalue weighted by Gasteiger charge is 2.38. The number of benzene rings is 3. The SMILES string of the molecule is O=C(Cc1cccc([N+](=O)[O-])c1)N[C@H](C(=O)O)C1c2ccccc2-c2ccccc21. The summed E-state index contributed by atoms with van der Waals surface area (Å²) in [5, 5.41) is 23.5. The summed E-state index contributed by atoms with van der Waals surface area (Å²) in [6.45, 7) is 0. The smallest absolute Gasteiger partial charge is 0.327 e. The third kappa shape index (κ3) is 3.53. The fourth-order valence-electron chi connectivity index (χ4n) is 4.03. The molecule has 0 aliphatic heterocycles. The van der Waals surface area contributed by atoms with Crippen LogP contribution in [0.5, 0.6) is 0 Å². The molecule has 1 atom stereocenters. The van der Waals surface area contributed by atoms with Crippen molar-refractivity contribution in [1.29, 1.82) is 0 Å². The second-order valence-corrected chi connectivity index (χ2v) is 7.14. The highest BCUT2D eigenvalue weighted by atomic mass is 16.6. The molecule has 0 saturated carbocycles. The van der Waals surface area contributed by atoms with Gasteiger partial charge in [0.2, 0.25) is 5.91 Å². The number of hydrogen-bond donors (Lipinski definition) is 2. The number of amides is 1. The number of nitrogens with zero attached hydrogens (tertiary/aromatic N) is 1. The van der Waals surface area contributed by atoms with E-state index in [-0.39, 0.29) is 12.1 Å². The zero-order valence-electron chi connectivity index (χ0n) is 15.8. The van der Waals surface area contributed by atoms with Crippen LogP contribution in [0.1, 0.15) is 22.6 Å². The van der Waals surface area contributed by atoms with Gasteiger partial charge in [-0.2, -0.15) is 0 Å². The van der Waals surface area contributed by atoms with Crippen LogP contribution in [0.15, 0.2) is 72.8 Å². The number of carbonyl (C=O) groups is 2. The molecule has 3 aromatic rings. The van der Waals surface area contributed by atoms with Crippen molar-refractivity contribution < 1.29 is 19.6 Å². The number of hydrogen-bond acceptors (Lipinski definition) is 4. The summed E-state index contributed by atoms with van der Waals surface area (Å²) in [5.74, 6) is -2.17. The topological polar surface area (TPSA) is 110 Å². The zero-order chi connectivity index (χ0) is 21.3. The summed E-state index contributed by atoms with van der Waals surface area (Å²) in [5.41, 5.74) is 3.94. The molecule has 0 unspecified atom stereocenters. The quantitative estimate of drug-likeness (QED) is 0.484. The Labute approximate surface area is 172 Å². The number of non-ortho nitro benzene ring substituents is 1. The highest BCUT2D eigenvalue weighted by molar-refractivity contribution is 5.89. The molecule has 150 valence electrons. The van der Waals surface area contributed by atoms with E-state index < -0.39 is 28.8 Å². The molecule has 3 aromatic carbocycles. The van der Waals surface area contributed by atoms with E-state index >= 15 is 0 Å². The second-order valence-electron chi connectivity index (χ2n) is 7.14. The van der Waals surface area contributed by atoms with E-state index in [0.29, 0.717) is 5.56 Å². The molecular weight excluding hydrogens is 384 g/mol. The molecule has 30 heavy (non-hydrogen) atoms. The maximum atomic E-state index is 12.6. The maximum Gasteiger partial charge on any atom is 0.327 e. The second kappa shape index (κ2) is 7.79. The monoisotopic (exact) mass is 402 g/mol. The number of nitrogens with one attached hydrogen (secondary N) is 1. The third-order valence-corrected chi connectivity index (χ3v) is 5.28. The van der Waals surface area contributed by atoms with Crippen LogP contribution in [0.3, 0.4) is 0 Å². The summed E-state index contributed by atoms with van der Waals surface area (Å²) in [4.78, 5) is 35.2. The molecule has 0 spiro atoms. The minimum Gasteiger partial charge on any atom is -0.480 e. The van der Waals surface area contributed by atoms with Crippen molar-refractivity contribution in [2.75, 3.05) is 0 Å². The number of carboxylic acids is 1. The van der Waals surface area contributed by atoms with Crippen LogP contribution in [0.2, 0.25) is 0 Å². The first-order chi connectivity index (χ1) is 14.5. The van der Waals surface area contributed by atoms with Crippen LogP contribution in [-0.4, -0.2) is 27.9 Å². The van der Waals surface area contributed by atoms with Crippen molar-refractivity contribution >= 4 is 17.6 Å². The van der Waals surface area contributed by atoms with Crippen LogP contribution >= 0.6 is 0 Å². The van der Waals surface area contributed by atoms with Crippen LogP contribution in [0, 0.1) is 10.1 Å². The largest absolute Gasteiger partial charge is 0.480 e. The Bertz CT molecular complexity index is 1110. The van der Waals surface area contributed by atoms with Gasteiger partial charge >= 0.3 is 5.97 Å². The summed E-state index contributed by atoms with van der Waals surface area (Å²) in [6, 6.07) is 19.7. The molecule has 0 aromatic heterocycles. The molecule has 0 bridgehead atoms. The van der Waals surface area contributed by atoms with E-state index in [0.717, 1.165) is 22.3 Å². The molecule has 7 heteroatoms. The average molecular weight is 402 g/mol. The lowest BCUT2D eigenvalue weighted by Gasteiger charge is -2.23. The highest BCUT2D eigenvalue weighted by Crippen LogP contribution is 2.46. The Morgan fingerprint density at radius 1 is 0.967 bits per heavy atom. The number of nitro groups is 1. The summed E-state index contributed by atoms with van der Waals surface area (Å²) >= 11 is 0. The summed E-state index contributed by atoms with van der Waals surface area (Å²) < 4.78 is 0. The first-order valence-electron chi connectivity index (χ1n) is 9.39. The Morgan fingerprint density at radius 2 is 1.57 bits per heavy atom. The van der Waals surface area contributed by atoms with Crippen molar-refractivity contribution in [3.8, 4) is 11.1 Å². The number of carboxylic acid groups (broad SMARTS) is 1. The van der Waals surface area contributed by atoms with Crippen LogP contribution in [-0.2, 0) is 16.0 Å². The Kier molecular flexibility index (Phi) is 5.02. The Hall–Kier alpha value is -4.00. The predicted molar refractivity (Wildman–Crippen MR) is 110 cm³/mol. The molecule has 1 aliphatic carbocycles. The van der Waals surface area contributed by atoms with E-state index in [1.54, 1.807) is 6.07 Å². The van der Waals surface area contributed by atoms with E-state index in [1.165, 1.54) is 18.2 Å². The summed E-state index contributed by atoms with van der Waals surface area (Å²) in [7, 11) is 0. The van der Waals surface area contributed by atoms with E-state index in [9.17, 15) is 24.8 Å². The first-order valence-corrected chi connectivity index (χ1v) is 9.39. The molecule has 1 amide bonds. The van der Waals surface area contributed by atoms with Crippen LogP contribution in [0.25, 0.3) is 11.1 Å². The van der Waals surface area contributed by atoms with Gasteiger partial charge in [-0.15, -0.1) is 0 Å². The molecule has 2 N–H and O–H groups in total. The van der Waals surface area contributed by atoms with Crippen LogP contribution in [0.4, 0.5) is 5.69 Å². The molecule has 7 nitrogen and oxygen atoms in total. The number of fused-ring (bicyclic) bond motifs is 3. The van der Waals surface area contributed by atoms with Gasteiger partial charge in [-0.25, -0.2) is 4.79 Å². The lowest BCUT2D eigenvalue weighted by Crippen LogP contribution is -2.45. The standard InChI is InChI=1S/C23H18N2O5/c26-20(13-14-6-5-7-15(12-14)25(29)30)24-22(23(27)28)21-18-10-3-1-8-16(18)17-9-2-4-11-19(17)21/h1-12,21-22H,13H2,(H,24,26)(H,27,28)/t22-/m0/s1. The van der Waals surface area contributed by atoms with Gasteiger partial charge in [-0.1, -0.05) is 60.7 Å². The van der Waals surface area contributed by atoms with Crippen molar-refractivity contribution in [2.24, 2.45) is 0 Å². The van der Waals surface area contributed by atoms with Gasteiger partial charge in [0.05, 0.1) is 11.3 Å². The van der Waals surface area contributed by atoms with Crippen molar-refractivity contribution in [2.45, 2.75) is 18.4 Å². The van der Waals surface area contributed by atoms with Gasteiger partial charge < -0.3 is 10.4 Å². The van der Waals surface area contributed by atoms with E-state index in [2.05, 4.69) is 5.32 Å². The van der Waals surface area contributed by atoms with E-state index in [1.807, 2.05) is 48.5 Å². The van der Waals surface area contributed by atoms with Gasteiger partial charge in [0, 0.05) is 18.1 Å².